The molecule has 1 aliphatic carbocycles. The SMILES string of the molecule is CC1(C)CC[C@H]1N1CC[C@@H](NC(=O)c2cc(-c3ccc(F)cc3F)on2)[C@H](C(=O)O)C1. The number of likely N-dealkylation sites (tertiary alicyclic amines) is 1. The highest BCUT2D eigenvalue weighted by atomic mass is 19.1. The van der Waals surface area contributed by atoms with Crippen LogP contribution in [0.5, 0.6) is 0 Å². The van der Waals surface area contributed by atoms with Crippen LogP contribution >= 0.6 is 0 Å². The molecule has 1 amide bonds. The van der Waals surface area contributed by atoms with E-state index < -0.39 is 35.5 Å². The van der Waals surface area contributed by atoms with Gasteiger partial charge in [-0.1, -0.05) is 19.0 Å². The summed E-state index contributed by atoms with van der Waals surface area (Å²) in [6.07, 6.45) is 2.68. The van der Waals surface area contributed by atoms with Gasteiger partial charge in [-0.2, -0.15) is 0 Å². The summed E-state index contributed by atoms with van der Waals surface area (Å²) >= 11 is 0. The summed E-state index contributed by atoms with van der Waals surface area (Å²) < 4.78 is 32.1. The number of carboxylic acid groups (broad SMARTS) is 1. The molecule has 2 N–H and O–H groups in total. The Bertz CT molecular complexity index is 1010. The zero-order valence-electron chi connectivity index (χ0n) is 17.4. The number of carbonyl (C=O) groups excluding carboxylic acids is 1. The van der Waals surface area contributed by atoms with Crippen molar-refractivity contribution < 1.29 is 28.0 Å². The lowest BCUT2D eigenvalue weighted by Gasteiger charge is -2.53. The number of amides is 1. The Labute approximate surface area is 178 Å². The van der Waals surface area contributed by atoms with E-state index in [1.807, 2.05) is 0 Å². The molecular formula is C22H25F2N3O4. The second-order valence-corrected chi connectivity index (χ2v) is 9.05. The van der Waals surface area contributed by atoms with Gasteiger partial charge in [0.2, 0.25) is 0 Å². The minimum absolute atomic E-state index is 0.0144. The Morgan fingerprint density at radius 2 is 2.03 bits per heavy atom. The maximum atomic E-state index is 14.0. The minimum Gasteiger partial charge on any atom is -0.481 e. The molecule has 1 saturated heterocycles. The fourth-order valence-corrected chi connectivity index (χ4v) is 4.65. The van der Waals surface area contributed by atoms with Gasteiger partial charge in [0.05, 0.1) is 11.5 Å². The number of aliphatic carboxylic acids is 1. The predicted molar refractivity (Wildman–Crippen MR) is 107 cm³/mol. The third-order valence-corrected chi connectivity index (χ3v) is 6.62. The van der Waals surface area contributed by atoms with Crippen LogP contribution in [0.25, 0.3) is 11.3 Å². The smallest absolute Gasteiger partial charge is 0.309 e. The number of carboxylic acids is 1. The average molecular weight is 433 g/mol. The van der Waals surface area contributed by atoms with E-state index in [1.54, 1.807) is 0 Å². The van der Waals surface area contributed by atoms with E-state index in [1.165, 1.54) is 12.1 Å². The first-order chi connectivity index (χ1) is 14.7. The largest absolute Gasteiger partial charge is 0.481 e. The highest BCUT2D eigenvalue weighted by molar-refractivity contribution is 5.93. The molecule has 0 unspecified atom stereocenters. The van der Waals surface area contributed by atoms with Gasteiger partial charge >= 0.3 is 5.97 Å². The number of rotatable bonds is 5. The highest BCUT2D eigenvalue weighted by Gasteiger charge is 2.46. The third kappa shape index (κ3) is 4.19. The molecule has 1 saturated carbocycles. The topological polar surface area (TPSA) is 95.7 Å². The Morgan fingerprint density at radius 3 is 2.65 bits per heavy atom. The van der Waals surface area contributed by atoms with Crippen molar-refractivity contribution in [2.45, 2.75) is 45.2 Å². The van der Waals surface area contributed by atoms with Crippen LogP contribution in [0.1, 0.15) is 43.6 Å². The standard InChI is InChI=1S/C22H25F2N3O4/c1-22(2)7-5-19(22)27-8-6-16(14(11-27)21(29)30)25-20(28)17-10-18(31-26-17)13-4-3-12(23)9-15(13)24/h3-4,9-10,14,16,19H,5-8,11H2,1-2H3,(H,25,28)(H,29,30)/t14-,16-,19-/m1/s1. The number of piperidine rings is 1. The average Bonchev–Trinajstić information content (AvgIpc) is 3.18. The number of halogens is 2. The molecular weight excluding hydrogens is 408 g/mol. The fourth-order valence-electron chi connectivity index (χ4n) is 4.65. The van der Waals surface area contributed by atoms with Crippen molar-refractivity contribution in [1.29, 1.82) is 0 Å². The molecule has 2 fully saturated rings. The maximum absolute atomic E-state index is 14.0. The Hall–Kier alpha value is -2.81. The van der Waals surface area contributed by atoms with E-state index in [4.69, 9.17) is 4.52 Å². The van der Waals surface area contributed by atoms with Gasteiger partial charge < -0.3 is 14.9 Å². The first kappa shape index (κ1) is 21.4. The fraction of sp³-hybridized carbons (Fsp3) is 0.500. The van der Waals surface area contributed by atoms with Crippen LogP contribution in [0.3, 0.4) is 0 Å². The molecule has 0 spiro atoms. The van der Waals surface area contributed by atoms with Crippen LogP contribution in [-0.4, -0.2) is 52.2 Å². The number of nitrogens with one attached hydrogen (secondary N) is 1. The second-order valence-electron chi connectivity index (χ2n) is 9.05. The summed E-state index contributed by atoms with van der Waals surface area (Å²) in [6.45, 7) is 5.46. The molecule has 2 aromatic rings. The van der Waals surface area contributed by atoms with Gasteiger partial charge in [0.1, 0.15) is 11.6 Å². The van der Waals surface area contributed by atoms with Gasteiger partial charge in [-0.15, -0.1) is 0 Å². The third-order valence-electron chi connectivity index (χ3n) is 6.62. The monoisotopic (exact) mass is 433 g/mol. The van der Waals surface area contributed by atoms with Gasteiger partial charge in [-0.3, -0.25) is 14.5 Å². The Kier molecular flexibility index (Phi) is 5.55. The van der Waals surface area contributed by atoms with Crippen molar-refractivity contribution in [3.05, 3.63) is 41.6 Å². The minimum atomic E-state index is -0.957. The van der Waals surface area contributed by atoms with Crippen molar-refractivity contribution in [2.75, 3.05) is 13.1 Å². The van der Waals surface area contributed by atoms with E-state index in [-0.39, 0.29) is 22.4 Å². The van der Waals surface area contributed by atoms with Gasteiger partial charge in [0, 0.05) is 37.3 Å². The van der Waals surface area contributed by atoms with Gasteiger partial charge in [0.15, 0.2) is 11.5 Å². The first-order valence-electron chi connectivity index (χ1n) is 10.4. The predicted octanol–water partition coefficient (Wildman–Crippen LogP) is 3.31. The molecule has 2 aliphatic rings. The van der Waals surface area contributed by atoms with E-state index >= 15 is 0 Å². The summed E-state index contributed by atoms with van der Waals surface area (Å²) in [4.78, 5) is 26.8. The molecule has 31 heavy (non-hydrogen) atoms. The van der Waals surface area contributed by atoms with E-state index in [2.05, 4.69) is 29.2 Å². The summed E-state index contributed by atoms with van der Waals surface area (Å²) in [7, 11) is 0. The molecule has 3 atom stereocenters. The Morgan fingerprint density at radius 1 is 1.26 bits per heavy atom. The number of nitrogens with zero attached hydrogens (tertiary/aromatic N) is 2. The van der Waals surface area contributed by atoms with Crippen molar-refractivity contribution in [3.63, 3.8) is 0 Å². The molecule has 9 heteroatoms. The lowest BCUT2D eigenvalue weighted by atomic mass is 9.66. The van der Waals surface area contributed by atoms with E-state index in [9.17, 15) is 23.5 Å². The van der Waals surface area contributed by atoms with Crippen LogP contribution in [-0.2, 0) is 4.79 Å². The Balaban J connectivity index is 1.44. The number of carbonyl (C=O) groups is 2. The summed E-state index contributed by atoms with van der Waals surface area (Å²) in [5.41, 5.74) is 0.0597. The van der Waals surface area contributed by atoms with Crippen LogP contribution in [0, 0.1) is 23.0 Å². The lowest BCUT2D eigenvalue weighted by Crippen LogP contribution is -2.60. The summed E-state index contributed by atoms with van der Waals surface area (Å²) in [6, 6.07) is 4.06. The zero-order valence-corrected chi connectivity index (χ0v) is 17.4. The highest BCUT2D eigenvalue weighted by Crippen LogP contribution is 2.44. The molecule has 0 bridgehead atoms. The van der Waals surface area contributed by atoms with Gasteiger partial charge in [0.25, 0.3) is 5.91 Å². The van der Waals surface area contributed by atoms with Crippen molar-refractivity contribution in [2.24, 2.45) is 11.3 Å². The van der Waals surface area contributed by atoms with Gasteiger partial charge in [-0.25, -0.2) is 8.78 Å². The first-order valence-corrected chi connectivity index (χ1v) is 10.4. The molecule has 2 heterocycles. The zero-order chi connectivity index (χ0) is 22.3. The van der Waals surface area contributed by atoms with Crippen molar-refractivity contribution in [3.8, 4) is 11.3 Å². The van der Waals surface area contributed by atoms with Crippen LogP contribution < -0.4 is 5.32 Å². The van der Waals surface area contributed by atoms with E-state index in [0.29, 0.717) is 31.6 Å². The summed E-state index contributed by atoms with van der Waals surface area (Å²) in [5, 5.41) is 16.2. The summed E-state index contributed by atoms with van der Waals surface area (Å²) in [5.74, 6) is -3.86. The van der Waals surface area contributed by atoms with E-state index in [0.717, 1.165) is 18.9 Å². The molecule has 1 aromatic heterocycles. The second kappa shape index (κ2) is 8.03. The van der Waals surface area contributed by atoms with Crippen molar-refractivity contribution >= 4 is 11.9 Å². The number of hydrogen-bond donors (Lipinski definition) is 2. The van der Waals surface area contributed by atoms with Crippen LogP contribution in [0.15, 0.2) is 28.8 Å². The molecule has 1 aliphatic heterocycles. The lowest BCUT2D eigenvalue weighted by molar-refractivity contribution is -0.146. The number of benzene rings is 1. The normalized spacial score (nSPS) is 25.6. The molecule has 4 rings (SSSR count). The van der Waals surface area contributed by atoms with Gasteiger partial charge in [-0.05, 0) is 36.8 Å². The molecule has 1 aromatic carbocycles. The van der Waals surface area contributed by atoms with Crippen molar-refractivity contribution in [1.82, 2.24) is 15.4 Å². The quantitative estimate of drug-likeness (QED) is 0.751. The van der Waals surface area contributed by atoms with Crippen LogP contribution in [0.4, 0.5) is 8.78 Å². The van der Waals surface area contributed by atoms with Crippen LogP contribution in [0.2, 0.25) is 0 Å². The number of hydrogen-bond acceptors (Lipinski definition) is 5. The molecule has 7 nitrogen and oxygen atoms in total. The molecule has 0 radical (unpaired) electrons. The molecule has 166 valence electrons. The number of aromatic nitrogens is 1. The maximum Gasteiger partial charge on any atom is 0.309 e.